The van der Waals surface area contributed by atoms with Gasteiger partial charge in [0.1, 0.15) is 10.9 Å². The van der Waals surface area contributed by atoms with Crippen LogP contribution in [0.15, 0.2) is 0 Å². The number of thiazole rings is 1. The van der Waals surface area contributed by atoms with Gasteiger partial charge in [0.2, 0.25) is 0 Å². The molecule has 1 aliphatic rings. The highest BCUT2D eigenvalue weighted by Crippen LogP contribution is 2.27. The van der Waals surface area contributed by atoms with Gasteiger partial charge in [-0.15, -0.1) is 0 Å². The molecule has 2 heterocycles. The number of hydrogen-bond donors (Lipinski definition) is 1. The van der Waals surface area contributed by atoms with Crippen LogP contribution in [-0.4, -0.2) is 30.9 Å². The summed E-state index contributed by atoms with van der Waals surface area (Å²) in [6.07, 6.45) is 1.40. The van der Waals surface area contributed by atoms with Crippen LogP contribution in [0.2, 0.25) is 5.15 Å². The predicted octanol–water partition coefficient (Wildman–Crippen LogP) is 1.66. The predicted molar refractivity (Wildman–Crippen MR) is 67.1 cm³/mol. The average molecular weight is 292 g/mol. The molecule has 0 bridgehead atoms. The van der Waals surface area contributed by atoms with Crippen molar-refractivity contribution < 1.29 is 8.42 Å². The van der Waals surface area contributed by atoms with Gasteiger partial charge in [-0.3, -0.25) is 0 Å². The smallest absolute Gasteiger partial charge is 0.185 e. The highest BCUT2D eigenvalue weighted by Gasteiger charge is 2.31. The summed E-state index contributed by atoms with van der Waals surface area (Å²) in [6.45, 7) is 0.330. The quantitative estimate of drug-likeness (QED) is 0.916. The molecule has 0 aliphatic carbocycles. The fourth-order valence-electron chi connectivity index (χ4n) is 1.73. The van der Waals surface area contributed by atoms with Crippen molar-refractivity contribution in [1.82, 2.24) is 4.98 Å². The van der Waals surface area contributed by atoms with Crippen LogP contribution in [0, 0.1) is 11.3 Å². The zero-order valence-corrected chi connectivity index (χ0v) is 11.2. The summed E-state index contributed by atoms with van der Waals surface area (Å²) >= 11 is 6.85. The van der Waals surface area contributed by atoms with Crippen molar-refractivity contribution in [3.63, 3.8) is 0 Å². The van der Waals surface area contributed by atoms with Gasteiger partial charge in [-0.2, -0.15) is 5.26 Å². The van der Waals surface area contributed by atoms with Crippen LogP contribution < -0.4 is 5.32 Å². The molecule has 1 aromatic rings. The van der Waals surface area contributed by atoms with Crippen LogP contribution in [0.3, 0.4) is 0 Å². The van der Waals surface area contributed by atoms with Gasteiger partial charge in [0.05, 0.1) is 11.0 Å². The van der Waals surface area contributed by atoms with Gasteiger partial charge in [0, 0.05) is 6.54 Å². The molecule has 1 aromatic heterocycles. The van der Waals surface area contributed by atoms with E-state index in [4.69, 9.17) is 16.9 Å². The lowest BCUT2D eigenvalue weighted by atomic mass is 10.2. The van der Waals surface area contributed by atoms with E-state index in [1.54, 1.807) is 0 Å². The SMILES string of the molecule is N#Cc1sc(NCC2CCCS2(=O)=O)nc1Cl. The Morgan fingerprint density at radius 3 is 2.94 bits per heavy atom. The maximum absolute atomic E-state index is 11.6. The molecule has 1 N–H and O–H groups in total. The third-order valence-electron chi connectivity index (χ3n) is 2.63. The van der Waals surface area contributed by atoms with Crippen molar-refractivity contribution in [2.75, 3.05) is 17.6 Å². The Bertz CT molecular complexity index is 561. The number of halogens is 1. The molecule has 1 unspecified atom stereocenters. The zero-order valence-electron chi connectivity index (χ0n) is 8.81. The molecule has 2 rings (SSSR count). The Balaban J connectivity index is 2.01. The summed E-state index contributed by atoms with van der Waals surface area (Å²) < 4.78 is 23.2. The third kappa shape index (κ3) is 2.70. The van der Waals surface area contributed by atoms with Gasteiger partial charge in [0.25, 0.3) is 0 Å². The highest BCUT2D eigenvalue weighted by molar-refractivity contribution is 7.92. The molecule has 1 atom stereocenters. The van der Waals surface area contributed by atoms with Crippen LogP contribution in [-0.2, 0) is 9.84 Å². The molecule has 0 spiro atoms. The van der Waals surface area contributed by atoms with E-state index in [0.717, 1.165) is 17.8 Å². The normalized spacial score (nSPS) is 22.2. The Morgan fingerprint density at radius 1 is 1.65 bits per heavy atom. The van der Waals surface area contributed by atoms with E-state index in [1.165, 1.54) is 0 Å². The first-order chi connectivity index (χ1) is 8.03. The molecule has 8 heteroatoms. The fourth-order valence-corrected chi connectivity index (χ4v) is 4.45. The van der Waals surface area contributed by atoms with Gasteiger partial charge in [-0.05, 0) is 12.8 Å². The molecule has 92 valence electrons. The highest BCUT2D eigenvalue weighted by atomic mass is 35.5. The topological polar surface area (TPSA) is 82.9 Å². The summed E-state index contributed by atoms with van der Waals surface area (Å²) in [6, 6.07) is 1.93. The van der Waals surface area contributed by atoms with Crippen molar-refractivity contribution in [2.45, 2.75) is 18.1 Å². The van der Waals surface area contributed by atoms with E-state index >= 15 is 0 Å². The van der Waals surface area contributed by atoms with E-state index in [9.17, 15) is 8.42 Å². The number of sulfone groups is 1. The summed E-state index contributed by atoms with van der Waals surface area (Å²) in [5.74, 6) is 0.265. The van der Waals surface area contributed by atoms with E-state index < -0.39 is 9.84 Å². The van der Waals surface area contributed by atoms with Crippen LogP contribution >= 0.6 is 22.9 Å². The Labute approximate surface area is 108 Å². The largest absolute Gasteiger partial charge is 0.360 e. The second-order valence-corrected chi connectivity index (χ2v) is 7.52. The monoisotopic (exact) mass is 291 g/mol. The number of rotatable bonds is 3. The number of nitrogens with zero attached hydrogens (tertiary/aromatic N) is 2. The summed E-state index contributed by atoms with van der Waals surface area (Å²) in [5, 5.41) is 11.9. The molecule has 1 saturated heterocycles. The van der Waals surface area contributed by atoms with Crippen LogP contribution in [0.25, 0.3) is 0 Å². The molecule has 5 nitrogen and oxygen atoms in total. The molecule has 0 aromatic carbocycles. The zero-order chi connectivity index (χ0) is 12.5. The Hall–Kier alpha value is -0.840. The van der Waals surface area contributed by atoms with Crippen LogP contribution in [0.1, 0.15) is 17.7 Å². The minimum atomic E-state index is -2.95. The Kier molecular flexibility index (Phi) is 3.56. The average Bonchev–Trinajstić information content (AvgIpc) is 2.78. The van der Waals surface area contributed by atoms with Crippen LogP contribution in [0.4, 0.5) is 5.13 Å². The standard InChI is InChI=1S/C9H10ClN3O2S2/c10-8-7(4-11)16-9(13-8)12-5-6-2-1-3-17(6,14)15/h6H,1-3,5H2,(H,12,13). The first-order valence-electron chi connectivity index (χ1n) is 5.05. The minimum absolute atomic E-state index is 0.161. The molecule has 0 saturated carbocycles. The lowest BCUT2D eigenvalue weighted by Gasteiger charge is -2.09. The van der Waals surface area contributed by atoms with Gasteiger partial charge >= 0.3 is 0 Å². The summed E-state index contributed by atoms with van der Waals surface area (Å²) in [5.41, 5.74) is 0. The van der Waals surface area contributed by atoms with E-state index in [0.29, 0.717) is 23.0 Å². The first kappa shape index (κ1) is 12.6. The molecular weight excluding hydrogens is 282 g/mol. The van der Waals surface area contributed by atoms with Gasteiger partial charge in [0.15, 0.2) is 20.1 Å². The molecule has 1 aliphatic heterocycles. The maximum atomic E-state index is 11.6. The number of hydrogen-bond acceptors (Lipinski definition) is 6. The van der Waals surface area contributed by atoms with Crippen molar-refractivity contribution in [3.05, 3.63) is 10.0 Å². The van der Waals surface area contributed by atoms with E-state index in [-0.39, 0.29) is 16.2 Å². The van der Waals surface area contributed by atoms with Crippen molar-refractivity contribution >= 4 is 37.9 Å². The molecular formula is C9H10ClN3O2S2. The number of nitrogens with one attached hydrogen (secondary N) is 1. The number of aromatic nitrogens is 1. The van der Waals surface area contributed by atoms with Crippen molar-refractivity contribution in [3.8, 4) is 6.07 Å². The Morgan fingerprint density at radius 2 is 2.41 bits per heavy atom. The van der Waals surface area contributed by atoms with Crippen molar-refractivity contribution in [2.24, 2.45) is 0 Å². The summed E-state index contributed by atoms with van der Waals surface area (Å²) in [7, 11) is -2.95. The minimum Gasteiger partial charge on any atom is -0.360 e. The first-order valence-corrected chi connectivity index (χ1v) is 7.96. The van der Waals surface area contributed by atoms with Gasteiger partial charge < -0.3 is 5.32 Å². The number of nitriles is 1. The molecule has 0 radical (unpaired) electrons. The molecule has 1 fully saturated rings. The third-order valence-corrected chi connectivity index (χ3v) is 6.21. The van der Waals surface area contributed by atoms with Crippen molar-refractivity contribution in [1.29, 1.82) is 5.26 Å². The second-order valence-electron chi connectivity index (χ2n) is 3.76. The van der Waals surface area contributed by atoms with Crippen LogP contribution in [0.5, 0.6) is 0 Å². The summed E-state index contributed by atoms with van der Waals surface area (Å²) in [4.78, 5) is 4.28. The molecule has 17 heavy (non-hydrogen) atoms. The number of anilines is 1. The van der Waals surface area contributed by atoms with Gasteiger partial charge in [-0.25, -0.2) is 13.4 Å². The lowest BCUT2D eigenvalue weighted by Crippen LogP contribution is -2.24. The van der Waals surface area contributed by atoms with Gasteiger partial charge in [-0.1, -0.05) is 22.9 Å². The maximum Gasteiger partial charge on any atom is 0.185 e. The fraction of sp³-hybridized carbons (Fsp3) is 0.556. The molecule has 0 amide bonds. The van der Waals surface area contributed by atoms with E-state index in [1.807, 2.05) is 6.07 Å². The lowest BCUT2D eigenvalue weighted by molar-refractivity contribution is 0.591. The van der Waals surface area contributed by atoms with E-state index in [2.05, 4.69) is 10.3 Å². The second kappa shape index (κ2) is 4.80.